The topological polar surface area (TPSA) is 66.0 Å². The molecule has 0 saturated carbocycles. The summed E-state index contributed by atoms with van der Waals surface area (Å²) < 4.78 is 0. The first-order valence-corrected chi connectivity index (χ1v) is 8.45. The van der Waals surface area contributed by atoms with Crippen LogP contribution in [0, 0.1) is 0 Å². The summed E-state index contributed by atoms with van der Waals surface area (Å²) in [4.78, 5) is 15.3. The molecule has 0 aliphatic carbocycles. The van der Waals surface area contributed by atoms with Gasteiger partial charge < -0.3 is 15.5 Å². The largest absolute Gasteiger partial charge is 0.340 e. The lowest BCUT2D eigenvalue weighted by Crippen LogP contribution is -2.44. The highest BCUT2D eigenvalue weighted by Gasteiger charge is 2.13. The average Bonchev–Trinajstić information content (AvgIpc) is 2.70. The third-order valence-corrected chi connectivity index (χ3v) is 4.19. The molecule has 6 heteroatoms. The first kappa shape index (κ1) is 15.5. The Labute approximate surface area is 147 Å². The van der Waals surface area contributed by atoms with Crippen LogP contribution in [-0.4, -0.2) is 41.1 Å². The quantitative estimate of drug-likeness (QED) is 0.766. The van der Waals surface area contributed by atoms with Crippen molar-refractivity contribution < 1.29 is 0 Å². The van der Waals surface area contributed by atoms with Gasteiger partial charge in [0.25, 0.3) is 0 Å². The number of pyridine rings is 1. The Balaban J connectivity index is 1.54. The highest BCUT2D eigenvalue weighted by Crippen LogP contribution is 2.24. The van der Waals surface area contributed by atoms with Crippen LogP contribution in [-0.2, 0) is 0 Å². The Hall–Kier alpha value is -2.99. The number of hydrogen-bond donors (Lipinski definition) is 2. The number of nitrogens with zero attached hydrogens (tertiary/aromatic N) is 4. The average molecular weight is 332 g/mol. The van der Waals surface area contributed by atoms with Crippen LogP contribution in [0.5, 0.6) is 0 Å². The van der Waals surface area contributed by atoms with Gasteiger partial charge in [-0.3, -0.25) is 4.98 Å². The minimum atomic E-state index is 0.775. The molecule has 0 atom stereocenters. The minimum absolute atomic E-state index is 0.775. The van der Waals surface area contributed by atoms with Crippen LogP contribution in [0.4, 0.5) is 17.5 Å². The molecule has 0 amide bonds. The Morgan fingerprint density at radius 1 is 0.920 bits per heavy atom. The van der Waals surface area contributed by atoms with E-state index in [9.17, 15) is 0 Å². The van der Waals surface area contributed by atoms with Gasteiger partial charge in [0.05, 0.1) is 0 Å². The third kappa shape index (κ3) is 3.75. The van der Waals surface area contributed by atoms with Gasteiger partial charge in [0.2, 0.25) is 5.95 Å². The van der Waals surface area contributed by atoms with E-state index in [0.717, 1.165) is 54.8 Å². The molecule has 1 aliphatic heterocycles. The van der Waals surface area contributed by atoms with Gasteiger partial charge in [-0.1, -0.05) is 12.1 Å². The van der Waals surface area contributed by atoms with E-state index in [2.05, 4.69) is 42.6 Å². The summed E-state index contributed by atoms with van der Waals surface area (Å²) in [6, 6.07) is 14.2. The van der Waals surface area contributed by atoms with Gasteiger partial charge in [0.15, 0.2) is 0 Å². The molecule has 0 unspecified atom stereocenters. The van der Waals surface area contributed by atoms with Crippen LogP contribution in [0.2, 0.25) is 0 Å². The normalized spacial score (nSPS) is 14.3. The second-order valence-corrected chi connectivity index (χ2v) is 5.92. The van der Waals surface area contributed by atoms with Gasteiger partial charge >= 0.3 is 0 Å². The molecule has 3 aromatic rings. The molecule has 1 saturated heterocycles. The summed E-state index contributed by atoms with van der Waals surface area (Å²) in [5.74, 6) is 1.58. The van der Waals surface area contributed by atoms with Crippen LogP contribution in [0.25, 0.3) is 11.1 Å². The van der Waals surface area contributed by atoms with Gasteiger partial charge in [0, 0.05) is 50.5 Å². The lowest BCUT2D eigenvalue weighted by molar-refractivity contribution is 0.580. The smallest absolute Gasteiger partial charge is 0.227 e. The Morgan fingerprint density at radius 2 is 1.76 bits per heavy atom. The van der Waals surface area contributed by atoms with Gasteiger partial charge in [-0.05, 0) is 41.5 Å². The van der Waals surface area contributed by atoms with Crippen LogP contribution in [0.3, 0.4) is 0 Å². The Morgan fingerprint density at radius 3 is 2.60 bits per heavy atom. The zero-order valence-electron chi connectivity index (χ0n) is 13.9. The zero-order chi connectivity index (χ0) is 16.9. The molecule has 1 aliphatic rings. The van der Waals surface area contributed by atoms with Crippen molar-refractivity contribution >= 4 is 17.5 Å². The number of rotatable bonds is 4. The van der Waals surface area contributed by atoms with Gasteiger partial charge in [0.1, 0.15) is 5.82 Å². The van der Waals surface area contributed by atoms with Crippen molar-refractivity contribution in [3.63, 3.8) is 0 Å². The van der Waals surface area contributed by atoms with E-state index in [1.807, 2.05) is 30.3 Å². The summed E-state index contributed by atoms with van der Waals surface area (Å²) in [6.07, 6.45) is 5.42. The zero-order valence-corrected chi connectivity index (χ0v) is 13.9. The first-order valence-electron chi connectivity index (χ1n) is 8.45. The molecule has 0 spiro atoms. The highest BCUT2D eigenvalue weighted by atomic mass is 15.3. The molecule has 0 radical (unpaired) electrons. The predicted molar refractivity (Wildman–Crippen MR) is 100 cm³/mol. The summed E-state index contributed by atoms with van der Waals surface area (Å²) in [5.41, 5.74) is 3.28. The number of anilines is 3. The van der Waals surface area contributed by atoms with E-state index in [4.69, 9.17) is 0 Å². The molecule has 1 aromatic carbocycles. The van der Waals surface area contributed by atoms with Crippen molar-refractivity contribution in [1.82, 2.24) is 20.3 Å². The van der Waals surface area contributed by atoms with Crippen molar-refractivity contribution in [3.8, 4) is 11.1 Å². The molecule has 2 aromatic heterocycles. The van der Waals surface area contributed by atoms with Crippen LogP contribution in [0.1, 0.15) is 0 Å². The van der Waals surface area contributed by atoms with E-state index in [0.29, 0.717) is 0 Å². The van der Waals surface area contributed by atoms with Crippen molar-refractivity contribution in [2.45, 2.75) is 0 Å². The number of nitrogens with one attached hydrogen (secondary N) is 2. The van der Waals surface area contributed by atoms with Crippen LogP contribution in [0.15, 0.2) is 61.1 Å². The van der Waals surface area contributed by atoms with Crippen LogP contribution >= 0.6 is 0 Å². The maximum atomic E-state index is 4.66. The highest BCUT2D eigenvalue weighted by molar-refractivity contribution is 5.69. The van der Waals surface area contributed by atoms with E-state index in [-0.39, 0.29) is 0 Å². The lowest BCUT2D eigenvalue weighted by atomic mass is 10.1. The molecule has 6 nitrogen and oxygen atoms in total. The molecule has 2 N–H and O–H groups in total. The fourth-order valence-electron chi connectivity index (χ4n) is 2.90. The Kier molecular flexibility index (Phi) is 4.52. The fraction of sp³-hybridized carbons (Fsp3) is 0.211. The van der Waals surface area contributed by atoms with E-state index < -0.39 is 0 Å². The molecule has 0 bridgehead atoms. The monoisotopic (exact) mass is 332 g/mol. The summed E-state index contributed by atoms with van der Waals surface area (Å²) in [5, 5.41) is 6.73. The third-order valence-electron chi connectivity index (χ3n) is 4.19. The molecule has 4 rings (SSSR count). The second kappa shape index (κ2) is 7.27. The van der Waals surface area contributed by atoms with Crippen molar-refractivity contribution in [2.75, 3.05) is 36.4 Å². The summed E-state index contributed by atoms with van der Waals surface area (Å²) in [7, 11) is 0. The lowest BCUT2D eigenvalue weighted by Gasteiger charge is -2.27. The fourth-order valence-corrected chi connectivity index (χ4v) is 2.90. The molecular weight excluding hydrogens is 312 g/mol. The number of piperazine rings is 1. The first-order chi connectivity index (χ1) is 12.4. The predicted octanol–water partition coefficient (Wildman–Crippen LogP) is 2.69. The number of benzene rings is 1. The summed E-state index contributed by atoms with van der Waals surface area (Å²) in [6.45, 7) is 3.80. The Bertz CT molecular complexity index is 830. The van der Waals surface area contributed by atoms with E-state index in [1.54, 1.807) is 18.6 Å². The molecule has 3 heterocycles. The van der Waals surface area contributed by atoms with Crippen molar-refractivity contribution in [1.29, 1.82) is 0 Å². The van der Waals surface area contributed by atoms with Crippen molar-refractivity contribution in [2.24, 2.45) is 0 Å². The van der Waals surface area contributed by atoms with Gasteiger partial charge in [-0.15, -0.1) is 0 Å². The number of hydrogen-bond acceptors (Lipinski definition) is 6. The standard InChI is InChI=1S/C19H20N6/c1-2-16(15-4-7-20-8-5-15)14-17(3-1)23-18-6-9-22-19(24-18)25-12-10-21-11-13-25/h1-9,14,21H,10-13H2,(H,22,23,24). The van der Waals surface area contributed by atoms with E-state index in [1.165, 1.54) is 0 Å². The van der Waals surface area contributed by atoms with E-state index >= 15 is 0 Å². The number of aromatic nitrogens is 3. The van der Waals surface area contributed by atoms with Gasteiger partial charge in [-0.25, -0.2) is 4.98 Å². The van der Waals surface area contributed by atoms with Crippen molar-refractivity contribution in [3.05, 3.63) is 61.1 Å². The second-order valence-electron chi connectivity index (χ2n) is 5.92. The van der Waals surface area contributed by atoms with Crippen LogP contribution < -0.4 is 15.5 Å². The maximum absolute atomic E-state index is 4.66. The maximum Gasteiger partial charge on any atom is 0.227 e. The minimum Gasteiger partial charge on any atom is -0.340 e. The molecular formula is C19H20N6. The summed E-state index contributed by atoms with van der Waals surface area (Å²) >= 11 is 0. The molecule has 25 heavy (non-hydrogen) atoms. The molecule has 126 valence electrons. The molecule has 1 fully saturated rings. The SMILES string of the molecule is c1cc(Nc2ccnc(N3CCNCC3)n2)cc(-c2ccncc2)c1. The van der Waals surface area contributed by atoms with Gasteiger partial charge in [-0.2, -0.15) is 4.98 Å².